The van der Waals surface area contributed by atoms with Gasteiger partial charge in [-0.05, 0) is 19.4 Å². The largest absolute Gasteiger partial charge is 0.385 e. The highest BCUT2D eigenvalue weighted by atomic mass is 32.1. The molecule has 0 aliphatic carbocycles. The van der Waals surface area contributed by atoms with Crippen LogP contribution in [-0.2, 0) is 4.74 Å². The first kappa shape index (κ1) is 11.6. The molecule has 0 amide bonds. The van der Waals surface area contributed by atoms with Gasteiger partial charge in [0.15, 0.2) is 0 Å². The minimum Gasteiger partial charge on any atom is -0.385 e. The van der Waals surface area contributed by atoms with Crippen LogP contribution in [0.25, 0.3) is 0 Å². The van der Waals surface area contributed by atoms with Crippen molar-refractivity contribution in [2.45, 2.75) is 25.8 Å². The quantitative estimate of drug-likeness (QED) is 0.707. The Labute approximate surface area is 89.5 Å². The van der Waals surface area contributed by atoms with Crippen molar-refractivity contribution < 1.29 is 4.74 Å². The van der Waals surface area contributed by atoms with Gasteiger partial charge in [0.1, 0.15) is 5.01 Å². The Kier molecular flexibility index (Phi) is 5.75. The molecule has 0 bridgehead atoms. The van der Waals surface area contributed by atoms with Gasteiger partial charge in [0.2, 0.25) is 0 Å². The van der Waals surface area contributed by atoms with Gasteiger partial charge in [-0.1, -0.05) is 6.92 Å². The Morgan fingerprint density at radius 1 is 1.64 bits per heavy atom. The third-order valence-corrected chi connectivity index (χ3v) is 2.96. The molecular formula is C10H18N2OS. The van der Waals surface area contributed by atoms with Crippen LogP contribution in [0.1, 0.15) is 30.8 Å². The SMILES string of the molecule is CCC(NCCCOC)c1nccs1. The fraction of sp³-hybridized carbons (Fsp3) is 0.700. The van der Waals surface area contributed by atoms with Crippen LogP contribution >= 0.6 is 11.3 Å². The zero-order valence-electron chi connectivity index (χ0n) is 8.82. The molecule has 4 heteroatoms. The van der Waals surface area contributed by atoms with Gasteiger partial charge in [-0.15, -0.1) is 11.3 Å². The topological polar surface area (TPSA) is 34.1 Å². The molecule has 0 saturated heterocycles. The molecule has 1 atom stereocenters. The van der Waals surface area contributed by atoms with Crippen molar-refractivity contribution in [3.8, 4) is 0 Å². The van der Waals surface area contributed by atoms with Gasteiger partial charge in [-0.25, -0.2) is 4.98 Å². The third kappa shape index (κ3) is 3.74. The summed E-state index contributed by atoms with van der Waals surface area (Å²) in [4.78, 5) is 4.31. The van der Waals surface area contributed by atoms with E-state index >= 15 is 0 Å². The van der Waals surface area contributed by atoms with E-state index in [0.717, 1.165) is 26.0 Å². The first-order chi connectivity index (χ1) is 6.88. The molecule has 0 aliphatic heterocycles. The molecule has 1 aromatic rings. The van der Waals surface area contributed by atoms with E-state index in [2.05, 4.69) is 17.2 Å². The molecule has 3 nitrogen and oxygen atoms in total. The number of thiazole rings is 1. The van der Waals surface area contributed by atoms with Gasteiger partial charge >= 0.3 is 0 Å². The minimum absolute atomic E-state index is 0.409. The number of aromatic nitrogens is 1. The fourth-order valence-electron chi connectivity index (χ4n) is 1.31. The number of ether oxygens (including phenoxy) is 1. The lowest BCUT2D eigenvalue weighted by molar-refractivity contribution is 0.193. The molecule has 1 aromatic heterocycles. The van der Waals surface area contributed by atoms with Crippen LogP contribution < -0.4 is 5.32 Å². The summed E-state index contributed by atoms with van der Waals surface area (Å²) in [5.41, 5.74) is 0. The molecular weight excluding hydrogens is 196 g/mol. The summed E-state index contributed by atoms with van der Waals surface area (Å²) in [6, 6.07) is 0.409. The summed E-state index contributed by atoms with van der Waals surface area (Å²) in [7, 11) is 1.73. The molecule has 0 aliphatic rings. The van der Waals surface area contributed by atoms with E-state index < -0.39 is 0 Å². The van der Waals surface area contributed by atoms with E-state index in [1.807, 2.05) is 11.6 Å². The molecule has 0 fully saturated rings. The lowest BCUT2D eigenvalue weighted by atomic mass is 10.2. The zero-order chi connectivity index (χ0) is 10.2. The highest BCUT2D eigenvalue weighted by Gasteiger charge is 2.09. The highest BCUT2D eigenvalue weighted by molar-refractivity contribution is 7.09. The Morgan fingerprint density at radius 3 is 3.07 bits per heavy atom. The molecule has 1 rings (SSSR count). The van der Waals surface area contributed by atoms with Crippen LogP contribution in [0, 0.1) is 0 Å². The van der Waals surface area contributed by atoms with Gasteiger partial charge in [-0.2, -0.15) is 0 Å². The number of hydrogen-bond donors (Lipinski definition) is 1. The van der Waals surface area contributed by atoms with E-state index in [1.165, 1.54) is 5.01 Å². The lowest BCUT2D eigenvalue weighted by Gasteiger charge is -2.13. The van der Waals surface area contributed by atoms with Crippen molar-refractivity contribution in [1.82, 2.24) is 10.3 Å². The van der Waals surface area contributed by atoms with Crippen LogP contribution in [0.2, 0.25) is 0 Å². The van der Waals surface area contributed by atoms with Crippen molar-refractivity contribution in [2.24, 2.45) is 0 Å². The monoisotopic (exact) mass is 214 g/mol. The maximum Gasteiger partial charge on any atom is 0.109 e. The van der Waals surface area contributed by atoms with E-state index in [4.69, 9.17) is 4.74 Å². The van der Waals surface area contributed by atoms with Crippen molar-refractivity contribution in [3.63, 3.8) is 0 Å². The number of hydrogen-bond acceptors (Lipinski definition) is 4. The molecule has 14 heavy (non-hydrogen) atoms. The second-order valence-electron chi connectivity index (χ2n) is 3.13. The van der Waals surface area contributed by atoms with Crippen molar-refractivity contribution in [1.29, 1.82) is 0 Å². The van der Waals surface area contributed by atoms with Gasteiger partial charge in [0.25, 0.3) is 0 Å². The Hall–Kier alpha value is -0.450. The molecule has 0 aromatic carbocycles. The highest BCUT2D eigenvalue weighted by Crippen LogP contribution is 2.18. The van der Waals surface area contributed by atoms with Crippen molar-refractivity contribution in [3.05, 3.63) is 16.6 Å². The Morgan fingerprint density at radius 2 is 2.50 bits per heavy atom. The average Bonchev–Trinajstić information content (AvgIpc) is 2.71. The second-order valence-corrected chi connectivity index (χ2v) is 4.06. The fourth-order valence-corrected chi connectivity index (χ4v) is 2.10. The summed E-state index contributed by atoms with van der Waals surface area (Å²) in [5, 5.41) is 6.68. The van der Waals surface area contributed by atoms with Gasteiger partial charge in [0, 0.05) is 25.3 Å². The van der Waals surface area contributed by atoms with Crippen LogP contribution in [0.5, 0.6) is 0 Å². The van der Waals surface area contributed by atoms with Gasteiger partial charge < -0.3 is 10.1 Å². The predicted molar refractivity (Wildman–Crippen MR) is 59.6 cm³/mol. The number of rotatable bonds is 7. The van der Waals surface area contributed by atoms with Crippen LogP contribution in [-0.4, -0.2) is 25.2 Å². The zero-order valence-corrected chi connectivity index (χ0v) is 9.64. The second kappa shape index (κ2) is 6.92. The van der Waals surface area contributed by atoms with Crippen LogP contribution in [0.3, 0.4) is 0 Å². The smallest absolute Gasteiger partial charge is 0.109 e. The van der Waals surface area contributed by atoms with Crippen molar-refractivity contribution in [2.75, 3.05) is 20.3 Å². The normalized spacial score (nSPS) is 13.0. The van der Waals surface area contributed by atoms with Crippen molar-refractivity contribution >= 4 is 11.3 Å². The number of methoxy groups -OCH3 is 1. The minimum atomic E-state index is 0.409. The molecule has 0 saturated carbocycles. The maximum atomic E-state index is 4.99. The van der Waals surface area contributed by atoms with E-state index in [0.29, 0.717) is 6.04 Å². The number of nitrogens with zero attached hydrogens (tertiary/aromatic N) is 1. The number of nitrogens with one attached hydrogen (secondary N) is 1. The van der Waals surface area contributed by atoms with E-state index in [1.54, 1.807) is 18.4 Å². The summed E-state index contributed by atoms with van der Waals surface area (Å²) >= 11 is 1.71. The Bertz CT molecular complexity index is 226. The summed E-state index contributed by atoms with van der Waals surface area (Å²) < 4.78 is 4.99. The predicted octanol–water partition coefficient (Wildman–Crippen LogP) is 2.22. The summed E-state index contributed by atoms with van der Waals surface area (Å²) in [6.07, 6.45) is 4.00. The summed E-state index contributed by atoms with van der Waals surface area (Å²) in [5.74, 6) is 0. The standard InChI is InChI=1S/C10H18N2OS/c1-3-9(10-12-6-8-14-10)11-5-4-7-13-2/h6,8-9,11H,3-5,7H2,1-2H3. The Balaban J connectivity index is 2.26. The van der Waals surface area contributed by atoms with E-state index in [-0.39, 0.29) is 0 Å². The molecule has 1 N–H and O–H groups in total. The lowest BCUT2D eigenvalue weighted by Crippen LogP contribution is -2.22. The molecule has 0 radical (unpaired) electrons. The van der Waals surface area contributed by atoms with Crippen LogP contribution in [0.15, 0.2) is 11.6 Å². The average molecular weight is 214 g/mol. The van der Waals surface area contributed by atoms with Gasteiger partial charge in [-0.3, -0.25) is 0 Å². The summed E-state index contributed by atoms with van der Waals surface area (Å²) in [6.45, 7) is 3.99. The maximum absolute atomic E-state index is 4.99. The molecule has 80 valence electrons. The van der Waals surface area contributed by atoms with E-state index in [9.17, 15) is 0 Å². The van der Waals surface area contributed by atoms with Crippen LogP contribution in [0.4, 0.5) is 0 Å². The van der Waals surface area contributed by atoms with Gasteiger partial charge in [0.05, 0.1) is 6.04 Å². The molecule has 1 heterocycles. The molecule has 0 spiro atoms. The first-order valence-corrected chi connectivity index (χ1v) is 5.88. The third-order valence-electron chi connectivity index (χ3n) is 2.07. The first-order valence-electron chi connectivity index (χ1n) is 5.00. The molecule has 1 unspecified atom stereocenters.